The van der Waals surface area contributed by atoms with Crippen molar-refractivity contribution in [3.63, 3.8) is 0 Å². The van der Waals surface area contributed by atoms with E-state index in [1.165, 1.54) is 0 Å². The zero-order chi connectivity index (χ0) is 10.3. The van der Waals surface area contributed by atoms with Gasteiger partial charge < -0.3 is 14.4 Å². The summed E-state index contributed by atoms with van der Waals surface area (Å²) in [5.41, 5.74) is -0.599. The molecule has 6 heteroatoms. The number of carbonyl (C=O) groups is 1. The van der Waals surface area contributed by atoms with Crippen LogP contribution in [0.3, 0.4) is 0 Å². The van der Waals surface area contributed by atoms with E-state index in [-0.39, 0.29) is 12.0 Å². The van der Waals surface area contributed by atoms with Gasteiger partial charge in [-0.2, -0.15) is 0 Å². The highest BCUT2D eigenvalue weighted by molar-refractivity contribution is 6.53. The average Bonchev–Trinajstić information content (AvgIpc) is 2.40. The fourth-order valence-electron chi connectivity index (χ4n) is 1.81. The molecule has 2 aliphatic rings. The number of alkyl halides is 2. The van der Waals surface area contributed by atoms with Crippen LogP contribution in [-0.4, -0.2) is 47.2 Å². The van der Waals surface area contributed by atoms with Gasteiger partial charge in [-0.3, -0.25) is 4.79 Å². The van der Waals surface area contributed by atoms with Gasteiger partial charge in [0.2, 0.25) is 0 Å². The average molecular weight is 240 g/mol. The third-order valence-corrected chi connectivity index (χ3v) is 2.83. The number of hydrogen-bond donors (Lipinski definition) is 0. The van der Waals surface area contributed by atoms with E-state index in [0.717, 1.165) is 0 Å². The lowest BCUT2D eigenvalue weighted by Crippen LogP contribution is -2.62. The summed E-state index contributed by atoms with van der Waals surface area (Å²) in [4.78, 5) is 12.2. The number of carbonyl (C=O) groups excluding carboxylic acids is 1. The van der Waals surface area contributed by atoms with Crippen LogP contribution in [0.5, 0.6) is 0 Å². The Balaban J connectivity index is 2.13. The van der Waals surface area contributed by atoms with E-state index in [2.05, 4.69) is 0 Å². The van der Waals surface area contributed by atoms with Crippen molar-refractivity contribution in [3.8, 4) is 0 Å². The molecule has 0 bridgehead atoms. The topological polar surface area (TPSA) is 38.8 Å². The fraction of sp³-hybridized carbons (Fsp3) is 0.875. The number of amides is 1. The van der Waals surface area contributed by atoms with Gasteiger partial charge in [0.1, 0.15) is 0 Å². The fourth-order valence-corrected chi connectivity index (χ4v) is 2.04. The summed E-state index contributed by atoms with van der Waals surface area (Å²) >= 11 is 11.1. The van der Waals surface area contributed by atoms with E-state index in [1.807, 2.05) is 6.92 Å². The maximum Gasteiger partial charge on any atom is 0.258 e. The van der Waals surface area contributed by atoms with Gasteiger partial charge in [-0.05, 0) is 6.92 Å². The maximum atomic E-state index is 11.6. The van der Waals surface area contributed by atoms with Gasteiger partial charge in [-0.1, -0.05) is 23.2 Å². The van der Waals surface area contributed by atoms with Crippen LogP contribution < -0.4 is 0 Å². The van der Waals surface area contributed by atoms with E-state index >= 15 is 0 Å². The van der Waals surface area contributed by atoms with Gasteiger partial charge in [0, 0.05) is 6.54 Å². The molecule has 1 unspecified atom stereocenters. The van der Waals surface area contributed by atoms with Gasteiger partial charge in [0.25, 0.3) is 5.91 Å². The monoisotopic (exact) mass is 239 g/mol. The molecule has 2 aliphatic heterocycles. The highest BCUT2D eigenvalue weighted by Gasteiger charge is 2.54. The van der Waals surface area contributed by atoms with Crippen molar-refractivity contribution < 1.29 is 14.3 Å². The highest BCUT2D eigenvalue weighted by Crippen LogP contribution is 2.35. The largest absolute Gasteiger partial charge is 0.371 e. The van der Waals surface area contributed by atoms with E-state index in [9.17, 15) is 4.79 Å². The predicted molar refractivity (Wildman–Crippen MR) is 51.3 cm³/mol. The van der Waals surface area contributed by atoms with Gasteiger partial charge in [0.15, 0.2) is 10.6 Å². The first-order valence-electron chi connectivity index (χ1n) is 4.40. The van der Waals surface area contributed by atoms with Crippen molar-refractivity contribution in [1.82, 2.24) is 4.90 Å². The van der Waals surface area contributed by atoms with Gasteiger partial charge in [-0.15, -0.1) is 0 Å². The van der Waals surface area contributed by atoms with Crippen molar-refractivity contribution in [2.75, 3.05) is 19.8 Å². The van der Waals surface area contributed by atoms with E-state index in [0.29, 0.717) is 19.8 Å². The van der Waals surface area contributed by atoms with Crippen LogP contribution in [-0.2, 0) is 14.3 Å². The van der Waals surface area contributed by atoms with Gasteiger partial charge in [-0.25, -0.2) is 0 Å². The summed E-state index contributed by atoms with van der Waals surface area (Å²) in [6.45, 7) is 3.25. The molecule has 0 aromatic carbocycles. The molecule has 1 spiro atoms. The van der Waals surface area contributed by atoms with E-state index in [1.54, 1.807) is 4.90 Å². The Bertz CT molecular complexity index is 255. The number of nitrogens with zero attached hydrogens (tertiary/aromatic N) is 1. The predicted octanol–water partition coefficient (Wildman–Crippen LogP) is 0.764. The molecule has 2 rings (SSSR count). The van der Waals surface area contributed by atoms with Crippen LogP contribution in [0.1, 0.15) is 6.92 Å². The number of halogens is 2. The van der Waals surface area contributed by atoms with Gasteiger partial charge >= 0.3 is 0 Å². The molecule has 0 N–H and O–H groups in total. The lowest BCUT2D eigenvalue weighted by atomic mass is 10.1. The van der Waals surface area contributed by atoms with Crippen LogP contribution in [0.15, 0.2) is 0 Å². The number of hydrogen-bond acceptors (Lipinski definition) is 3. The molecule has 0 aliphatic carbocycles. The quantitative estimate of drug-likeness (QED) is 0.635. The molecule has 14 heavy (non-hydrogen) atoms. The third kappa shape index (κ3) is 1.50. The Morgan fingerprint density at radius 1 is 1.57 bits per heavy atom. The van der Waals surface area contributed by atoms with E-state index < -0.39 is 10.6 Å². The summed E-state index contributed by atoms with van der Waals surface area (Å²) < 4.78 is 10.7. The minimum Gasteiger partial charge on any atom is -0.371 e. The molecule has 4 nitrogen and oxygen atoms in total. The van der Waals surface area contributed by atoms with Crippen LogP contribution in [0.2, 0.25) is 0 Å². The number of rotatable bonds is 1. The van der Waals surface area contributed by atoms with Crippen LogP contribution in [0.25, 0.3) is 0 Å². The summed E-state index contributed by atoms with van der Waals surface area (Å²) in [6, 6.07) is 0. The highest BCUT2D eigenvalue weighted by atomic mass is 35.5. The molecular formula is C8H11Cl2NO3. The Morgan fingerprint density at radius 3 is 2.64 bits per heavy atom. The second-order valence-electron chi connectivity index (χ2n) is 3.62. The molecule has 0 aromatic rings. The first-order chi connectivity index (χ1) is 6.55. The van der Waals surface area contributed by atoms with Crippen LogP contribution in [0, 0.1) is 0 Å². The van der Waals surface area contributed by atoms with Crippen LogP contribution in [0.4, 0.5) is 0 Å². The van der Waals surface area contributed by atoms with Crippen molar-refractivity contribution in [1.29, 1.82) is 0 Å². The Morgan fingerprint density at radius 2 is 2.21 bits per heavy atom. The lowest BCUT2D eigenvalue weighted by Gasteiger charge is -2.43. The molecule has 2 saturated heterocycles. The summed E-state index contributed by atoms with van der Waals surface area (Å²) in [5.74, 6) is -0.305. The molecule has 1 atom stereocenters. The molecule has 0 aromatic heterocycles. The van der Waals surface area contributed by atoms with Gasteiger partial charge in [0.05, 0.1) is 19.3 Å². The smallest absolute Gasteiger partial charge is 0.258 e. The molecular weight excluding hydrogens is 229 g/mol. The Hall–Kier alpha value is -0.0300. The third-order valence-electron chi connectivity index (χ3n) is 2.46. The van der Waals surface area contributed by atoms with Crippen molar-refractivity contribution >= 4 is 29.1 Å². The summed E-state index contributed by atoms with van der Waals surface area (Å²) in [7, 11) is 0. The second kappa shape index (κ2) is 3.52. The zero-order valence-electron chi connectivity index (χ0n) is 7.70. The minimum absolute atomic E-state index is 0.00920. The molecule has 1 amide bonds. The van der Waals surface area contributed by atoms with Crippen LogP contribution >= 0.6 is 23.2 Å². The Kier molecular flexibility index (Phi) is 2.64. The normalized spacial score (nSPS) is 29.7. The van der Waals surface area contributed by atoms with Crippen molar-refractivity contribution in [2.24, 2.45) is 0 Å². The molecule has 2 fully saturated rings. The molecule has 0 radical (unpaired) electrons. The number of ether oxygens (including phenoxy) is 2. The summed E-state index contributed by atoms with van der Waals surface area (Å²) in [5, 5.41) is 0. The van der Waals surface area contributed by atoms with E-state index in [4.69, 9.17) is 32.7 Å². The molecule has 2 heterocycles. The summed E-state index contributed by atoms with van der Waals surface area (Å²) in [6.07, 6.45) is 0.00920. The molecule has 0 saturated carbocycles. The Labute approximate surface area is 92.0 Å². The lowest BCUT2D eigenvalue weighted by molar-refractivity contribution is -0.246. The SMILES string of the molecule is CC1CN(C(=O)C(Cl)Cl)C2(COC2)O1. The van der Waals surface area contributed by atoms with Crippen molar-refractivity contribution in [3.05, 3.63) is 0 Å². The first kappa shape index (κ1) is 10.5. The first-order valence-corrected chi connectivity index (χ1v) is 5.28. The standard InChI is InChI=1S/C8H11Cl2NO3/c1-5-2-11(7(12)6(9)10)8(14-5)3-13-4-8/h5-6H,2-4H2,1H3. The maximum absolute atomic E-state index is 11.6. The zero-order valence-corrected chi connectivity index (χ0v) is 9.22. The minimum atomic E-state index is -1.03. The molecule has 80 valence electrons. The second-order valence-corrected chi connectivity index (χ2v) is 4.71. The van der Waals surface area contributed by atoms with Crippen molar-refractivity contribution in [2.45, 2.75) is 23.6 Å².